The first-order valence-electron chi connectivity index (χ1n) is 9.21. The molecule has 1 aliphatic heterocycles. The number of carbonyl (C=O) groups is 1. The van der Waals surface area contributed by atoms with Crippen molar-refractivity contribution < 1.29 is 4.79 Å². The van der Waals surface area contributed by atoms with Crippen LogP contribution in [0.3, 0.4) is 0 Å². The molecule has 0 bridgehead atoms. The minimum atomic E-state index is 0.00688. The number of carbonyl (C=O) groups excluding carboxylic acids is 1. The van der Waals surface area contributed by atoms with Gasteiger partial charge in [-0.1, -0.05) is 43.5 Å². The number of nitrogens with zero attached hydrogens (tertiary/aromatic N) is 2. The van der Waals surface area contributed by atoms with Crippen LogP contribution in [0.5, 0.6) is 0 Å². The molecule has 2 aromatic rings. The Morgan fingerprint density at radius 2 is 1.96 bits per heavy atom. The van der Waals surface area contributed by atoms with E-state index in [0.29, 0.717) is 6.04 Å². The van der Waals surface area contributed by atoms with E-state index in [2.05, 4.69) is 39.1 Å². The Bertz CT molecular complexity index is 782. The van der Waals surface area contributed by atoms with Crippen molar-refractivity contribution in [1.29, 1.82) is 0 Å². The van der Waals surface area contributed by atoms with Gasteiger partial charge in [-0.05, 0) is 31.2 Å². The summed E-state index contributed by atoms with van der Waals surface area (Å²) in [6, 6.07) is 8.93. The lowest BCUT2D eigenvalue weighted by Crippen LogP contribution is -2.56. The third-order valence-corrected chi connectivity index (χ3v) is 6.29. The normalized spacial score (nSPS) is 28.2. The first-order valence-corrected chi connectivity index (χ1v) is 9.21. The Labute approximate surface area is 142 Å². The summed E-state index contributed by atoms with van der Waals surface area (Å²) in [6.07, 6.45) is 11.7. The van der Waals surface area contributed by atoms with Crippen LogP contribution in [-0.4, -0.2) is 21.5 Å². The average molecular weight is 321 g/mol. The zero-order chi connectivity index (χ0) is 16.1. The first-order chi connectivity index (χ1) is 11.8. The third-order valence-electron chi connectivity index (χ3n) is 6.29. The number of hydrogen-bond donors (Lipinski definition) is 1. The summed E-state index contributed by atoms with van der Waals surface area (Å²) in [7, 11) is 0. The van der Waals surface area contributed by atoms with Crippen LogP contribution >= 0.6 is 0 Å². The molecule has 5 rings (SSSR count). The third kappa shape index (κ3) is 1.92. The van der Waals surface area contributed by atoms with Crippen LogP contribution in [0.15, 0.2) is 36.8 Å². The van der Waals surface area contributed by atoms with E-state index < -0.39 is 0 Å². The van der Waals surface area contributed by atoms with E-state index in [4.69, 9.17) is 0 Å². The minimum absolute atomic E-state index is 0.00688. The van der Waals surface area contributed by atoms with Gasteiger partial charge in [0.05, 0.1) is 23.8 Å². The van der Waals surface area contributed by atoms with Crippen molar-refractivity contribution in [2.24, 2.45) is 5.92 Å². The highest BCUT2D eigenvalue weighted by Gasteiger charge is 2.52. The predicted molar refractivity (Wildman–Crippen MR) is 92.5 cm³/mol. The molecule has 0 saturated heterocycles. The SMILES string of the molecule is O=C(NC1CC2(C1)c1ccccc1-c1cncn12)C1CCCCC1. The molecule has 4 heteroatoms. The lowest BCUT2D eigenvalue weighted by atomic mass is 9.68. The largest absolute Gasteiger partial charge is 0.353 e. The Hall–Kier alpha value is -2.10. The minimum Gasteiger partial charge on any atom is -0.353 e. The van der Waals surface area contributed by atoms with Crippen LogP contribution in [0.2, 0.25) is 0 Å². The summed E-state index contributed by atoms with van der Waals surface area (Å²) >= 11 is 0. The molecule has 1 amide bonds. The molecule has 1 spiro atoms. The molecule has 3 aliphatic rings. The van der Waals surface area contributed by atoms with Gasteiger partial charge in [0.15, 0.2) is 0 Å². The Morgan fingerprint density at radius 3 is 2.79 bits per heavy atom. The number of nitrogens with one attached hydrogen (secondary N) is 1. The van der Waals surface area contributed by atoms with Crippen LogP contribution in [0.4, 0.5) is 0 Å². The van der Waals surface area contributed by atoms with E-state index in [-0.39, 0.29) is 17.4 Å². The fraction of sp³-hybridized carbons (Fsp3) is 0.500. The van der Waals surface area contributed by atoms with Crippen molar-refractivity contribution in [3.63, 3.8) is 0 Å². The van der Waals surface area contributed by atoms with Gasteiger partial charge in [0.1, 0.15) is 0 Å². The van der Waals surface area contributed by atoms with Crippen molar-refractivity contribution in [1.82, 2.24) is 14.9 Å². The van der Waals surface area contributed by atoms with Gasteiger partial charge in [0, 0.05) is 17.5 Å². The number of aromatic nitrogens is 2. The van der Waals surface area contributed by atoms with Gasteiger partial charge in [-0.3, -0.25) is 4.79 Å². The van der Waals surface area contributed by atoms with Gasteiger partial charge in [0.2, 0.25) is 5.91 Å². The van der Waals surface area contributed by atoms with Crippen LogP contribution in [0.1, 0.15) is 50.5 Å². The molecule has 1 N–H and O–H groups in total. The zero-order valence-electron chi connectivity index (χ0n) is 13.9. The monoisotopic (exact) mass is 321 g/mol. The molecule has 2 saturated carbocycles. The molecule has 0 unspecified atom stereocenters. The van der Waals surface area contributed by atoms with Crippen LogP contribution in [0.25, 0.3) is 11.3 Å². The predicted octanol–water partition coefficient (Wildman–Crippen LogP) is 3.47. The molecule has 1 aromatic carbocycles. The summed E-state index contributed by atoms with van der Waals surface area (Å²) in [5, 5.41) is 3.32. The second-order valence-electron chi connectivity index (χ2n) is 7.67. The highest BCUT2D eigenvalue weighted by Crippen LogP contribution is 2.54. The molecular weight excluding hydrogens is 298 g/mol. The van der Waals surface area contributed by atoms with Gasteiger partial charge in [-0.25, -0.2) is 4.98 Å². The highest BCUT2D eigenvalue weighted by atomic mass is 16.1. The number of imidazole rings is 1. The summed E-state index contributed by atoms with van der Waals surface area (Å²) in [6.45, 7) is 0. The molecule has 0 radical (unpaired) electrons. The van der Waals surface area contributed by atoms with Crippen LogP contribution in [-0.2, 0) is 10.3 Å². The quantitative estimate of drug-likeness (QED) is 0.920. The first kappa shape index (κ1) is 14.3. The van der Waals surface area contributed by atoms with Crippen molar-refractivity contribution in [3.05, 3.63) is 42.4 Å². The molecule has 4 nitrogen and oxygen atoms in total. The van der Waals surface area contributed by atoms with Crippen LogP contribution < -0.4 is 5.32 Å². The van der Waals surface area contributed by atoms with Crippen molar-refractivity contribution in [2.75, 3.05) is 0 Å². The lowest BCUT2D eigenvalue weighted by molar-refractivity contribution is -0.127. The standard InChI is InChI=1S/C20H23N3O/c24-19(14-6-2-1-3-7-14)22-15-10-20(11-15)17-9-5-4-8-16(17)18-12-21-13-23(18)20/h4-5,8-9,12-15H,1-3,6-7,10-11H2,(H,22,24). The maximum atomic E-state index is 12.5. The molecule has 2 aliphatic carbocycles. The second-order valence-corrected chi connectivity index (χ2v) is 7.67. The van der Waals surface area contributed by atoms with E-state index >= 15 is 0 Å². The maximum Gasteiger partial charge on any atom is 0.223 e. The summed E-state index contributed by atoms with van der Waals surface area (Å²) in [5.41, 5.74) is 3.91. The summed E-state index contributed by atoms with van der Waals surface area (Å²) < 4.78 is 2.32. The number of amides is 1. The fourth-order valence-electron chi connectivity index (χ4n) is 5.04. The van der Waals surface area contributed by atoms with E-state index in [1.807, 2.05) is 12.5 Å². The van der Waals surface area contributed by atoms with E-state index in [1.54, 1.807) is 0 Å². The molecule has 2 heterocycles. The van der Waals surface area contributed by atoms with E-state index in [0.717, 1.165) is 25.7 Å². The molecule has 24 heavy (non-hydrogen) atoms. The van der Waals surface area contributed by atoms with Gasteiger partial charge in [-0.2, -0.15) is 0 Å². The number of hydrogen-bond acceptors (Lipinski definition) is 2. The summed E-state index contributed by atoms with van der Waals surface area (Å²) in [5.74, 6) is 0.529. The Balaban J connectivity index is 1.35. The van der Waals surface area contributed by atoms with Crippen molar-refractivity contribution >= 4 is 5.91 Å². The molecule has 0 atom stereocenters. The van der Waals surface area contributed by atoms with Crippen molar-refractivity contribution in [3.8, 4) is 11.3 Å². The molecular formula is C20H23N3O. The maximum absolute atomic E-state index is 12.5. The summed E-state index contributed by atoms with van der Waals surface area (Å²) in [4.78, 5) is 16.9. The smallest absolute Gasteiger partial charge is 0.223 e. The average Bonchev–Trinajstić information content (AvgIpc) is 3.16. The Kier molecular flexibility index (Phi) is 3.09. The van der Waals surface area contributed by atoms with E-state index in [9.17, 15) is 4.79 Å². The number of rotatable bonds is 2. The zero-order valence-corrected chi connectivity index (χ0v) is 13.9. The molecule has 2 fully saturated rings. The highest BCUT2D eigenvalue weighted by molar-refractivity contribution is 5.79. The lowest BCUT2D eigenvalue weighted by Gasteiger charge is -2.47. The second kappa shape index (κ2) is 5.20. The fourth-order valence-corrected chi connectivity index (χ4v) is 5.04. The molecule has 124 valence electrons. The van der Waals surface area contributed by atoms with E-state index in [1.165, 1.54) is 36.1 Å². The number of benzene rings is 1. The van der Waals surface area contributed by atoms with Crippen LogP contribution in [0, 0.1) is 5.92 Å². The van der Waals surface area contributed by atoms with Gasteiger partial charge in [-0.15, -0.1) is 0 Å². The Morgan fingerprint density at radius 1 is 1.17 bits per heavy atom. The number of fused-ring (bicyclic) bond motifs is 5. The topological polar surface area (TPSA) is 46.9 Å². The van der Waals surface area contributed by atoms with Gasteiger partial charge in [0.25, 0.3) is 0 Å². The molecule has 1 aromatic heterocycles. The van der Waals surface area contributed by atoms with Gasteiger partial charge >= 0.3 is 0 Å². The van der Waals surface area contributed by atoms with Gasteiger partial charge < -0.3 is 9.88 Å². The van der Waals surface area contributed by atoms with Crippen molar-refractivity contribution in [2.45, 2.75) is 56.5 Å².